The van der Waals surface area contributed by atoms with E-state index < -0.39 is 0 Å². The van der Waals surface area contributed by atoms with Crippen LogP contribution in [0.25, 0.3) is 0 Å². The minimum Gasteiger partial charge on any atom is -0.493 e. The standard InChI is InChI=1S/C10H13BrO2/c1-8-4-3-5-9(12-2)10(8)13-7-6-11/h3-5H,6-7H2,1-2H3. The van der Waals surface area contributed by atoms with E-state index in [1.807, 2.05) is 25.1 Å². The number of aryl methyl sites for hydroxylation is 1. The van der Waals surface area contributed by atoms with Gasteiger partial charge in [0, 0.05) is 5.33 Å². The third kappa shape index (κ3) is 2.62. The van der Waals surface area contributed by atoms with Crippen molar-refractivity contribution < 1.29 is 9.47 Å². The van der Waals surface area contributed by atoms with E-state index >= 15 is 0 Å². The highest BCUT2D eigenvalue weighted by Gasteiger charge is 2.05. The van der Waals surface area contributed by atoms with Crippen molar-refractivity contribution in [1.82, 2.24) is 0 Å². The minimum atomic E-state index is 0.654. The molecule has 13 heavy (non-hydrogen) atoms. The van der Waals surface area contributed by atoms with Gasteiger partial charge in [0.25, 0.3) is 0 Å². The molecule has 0 radical (unpaired) electrons. The van der Waals surface area contributed by atoms with Gasteiger partial charge in [0.15, 0.2) is 11.5 Å². The van der Waals surface area contributed by atoms with E-state index in [1.54, 1.807) is 7.11 Å². The molecular weight excluding hydrogens is 232 g/mol. The van der Waals surface area contributed by atoms with E-state index in [-0.39, 0.29) is 0 Å². The van der Waals surface area contributed by atoms with Crippen LogP contribution in [0.5, 0.6) is 11.5 Å². The molecule has 0 bridgehead atoms. The molecule has 0 fully saturated rings. The predicted molar refractivity (Wildman–Crippen MR) is 57.0 cm³/mol. The summed E-state index contributed by atoms with van der Waals surface area (Å²) in [5, 5.41) is 0.824. The molecule has 0 aliphatic heterocycles. The van der Waals surface area contributed by atoms with Gasteiger partial charge >= 0.3 is 0 Å². The second-order valence-electron chi connectivity index (χ2n) is 2.64. The lowest BCUT2D eigenvalue weighted by molar-refractivity contribution is 0.312. The van der Waals surface area contributed by atoms with Crippen molar-refractivity contribution >= 4 is 15.9 Å². The summed E-state index contributed by atoms with van der Waals surface area (Å²) in [7, 11) is 1.65. The molecule has 1 rings (SSSR count). The molecule has 0 amide bonds. The zero-order chi connectivity index (χ0) is 9.68. The van der Waals surface area contributed by atoms with Crippen molar-refractivity contribution in [2.75, 3.05) is 19.0 Å². The van der Waals surface area contributed by atoms with Crippen LogP contribution >= 0.6 is 15.9 Å². The zero-order valence-corrected chi connectivity index (χ0v) is 9.43. The van der Waals surface area contributed by atoms with Crippen LogP contribution in [0.2, 0.25) is 0 Å². The summed E-state index contributed by atoms with van der Waals surface area (Å²) in [6.45, 7) is 2.66. The summed E-state index contributed by atoms with van der Waals surface area (Å²) in [5.74, 6) is 1.63. The van der Waals surface area contributed by atoms with Crippen molar-refractivity contribution in [2.45, 2.75) is 6.92 Å². The van der Waals surface area contributed by atoms with Gasteiger partial charge in [0.05, 0.1) is 13.7 Å². The van der Waals surface area contributed by atoms with Gasteiger partial charge in [-0.1, -0.05) is 28.1 Å². The number of halogens is 1. The number of benzene rings is 1. The van der Waals surface area contributed by atoms with E-state index in [1.165, 1.54) is 0 Å². The van der Waals surface area contributed by atoms with Gasteiger partial charge in [0.2, 0.25) is 0 Å². The van der Waals surface area contributed by atoms with Crippen LogP contribution in [0.15, 0.2) is 18.2 Å². The van der Waals surface area contributed by atoms with E-state index in [0.717, 1.165) is 22.4 Å². The summed E-state index contributed by atoms with van der Waals surface area (Å²) >= 11 is 3.31. The van der Waals surface area contributed by atoms with Crippen molar-refractivity contribution in [3.8, 4) is 11.5 Å². The van der Waals surface area contributed by atoms with Gasteiger partial charge in [-0.3, -0.25) is 0 Å². The first kappa shape index (κ1) is 10.4. The molecule has 0 saturated heterocycles. The molecule has 1 aromatic rings. The number of alkyl halides is 1. The summed E-state index contributed by atoms with van der Waals surface area (Å²) in [6.07, 6.45) is 0. The van der Waals surface area contributed by atoms with Crippen LogP contribution in [0.3, 0.4) is 0 Å². The molecule has 72 valence electrons. The molecular formula is C10H13BrO2. The summed E-state index contributed by atoms with van der Waals surface area (Å²) < 4.78 is 10.7. The topological polar surface area (TPSA) is 18.5 Å². The highest BCUT2D eigenvalue weighted by molar-refractivity contribution is 9.09. The molecule has 2 nitrogen and oxygen atoms in total. The van der Waals surface area contributed by atoms with Gasteiger partial charge < -0.3 is 9.47 Å². The van der Waals surface area contributed by atoms with Crippen molar-refractivity contribution in [3.63, 3.8) is 0 Å². The fourth-order valence-corrected chi connectivity index (χ4v) is 1.27. The molecule has 0 saturated carbocycles. The lowest BCUT2D eigenvalue weighted by atomic mass is 10.2. The van der Waals surface area contributed by atoms with E-state index in [4.69, 9.17) is 9.47 Å². The number of hydrogen-bond donors (Lipinski definition) is 0. The Kier molecular flexibility index (Phi) is 4.09. The quantitative estimate of drug-likeness (QED) is 0.759. The Morgan fingerprint density at radius 2 is 2.15 bits per heavy atom. The fourth-order valence-electron chi connectivity index (χ4n) is 1.11. The van der Waals surface area contributed by atoms with Crippen LogP contribution < -0.4 is 9.47 Å². The lowest BCUT2D eigenvalue weighted by Crippen LogP contribution is -2.01. The van der Waals surface area contributed by atoms with Crippen LogP contribution in [0, 0.1) is 6.92 Å². The highest BCUT2D eigenvalue weighted by Crippen LogP contribution is 2.30. The number of methoxy groups -OCH3 is 1. The van der Waals surface area contributed by atoms with Crippen LogP contribution in [0.1, 0.15) is 5.56 Å². The minimum absolute atomic E-state index is 0.654. The fraction of sp³-hybridized carbons (Fsp3) is 0.400. The Labute approximate surface area is 87.0 Å². The number of hydrogen-bond acceptors (Lipinski definition) is 2. The average Bonchev–Trinajstić information content (AvgIpc) is 2.15. The highest BCUT2D eigenvalue weighted by atomic mass is 79.9. The van der Waals surface area contributed by atoms with Crippen molar-refractivity contribution in [2.24, 2.45) is 0 Å². The number of ether oxygens (including phenoxy) is 2. The molecule has 0 spiro atoms. The van der Waals surface area contributed by atoms with Crippen LogP contribution in [-0.2, 0) is 0 Å². The lowest BCUT2D eigenvalue weighted by Gasteiger charge is -2.11. The molecule has 0 aliphatic carbocycles. The molecule has 0 heterocycles. The Morgan fingerprint density at radius 1 is 1.38 bits per heavy atom. The SMILES string of the molecule is COc1cccc(C)c1OCCBr. The van der Waals surface area contributed by atoms with E-state index in [2.05, 4.69) is 15.9 Å². The number of rotatable bonds is 4. The zero-order valence-electron chi connectivity index (χ0n) is 7.84. The van der Waals surface area contributed by atoms with Crippen LogP contribution in [0.4, 0.5) is 0 Å². The van der Waals surface area contributed by atoms with Crippen molar-refractivity contribution in [3.05, 3.63) is 23.8 Å². The Balaban J connectivity index is 2.87. The molecule has 1 aromatic carbocycles. The van der Waals surface area contributed by atoms with E-state index in [9.17, 15) is 0 Å². The Morgan fingerprint density at radius 3 is 2.77 bits per heavy atom. The summed E-state index contributed by atoms with van der Waals surface area (Å²) in [6, 6.07) is 5.86. The Hall–Kier alpha value is -0.700. The van der Waals surface area contributed by atoms with E-state index in [0.29, 0.717) is 6.61 Å². The average molecular weight is 245 g/mol. The smallest absolute Gasteiger partial charge is 0.164 e. The first-order valence-electron chi connectivity index (χ1n) is 4.12. The van der Waals surface area contributed by atoms with Crippen molar-refractivity contribution in [1.29, 1.82) is 0 Å². The molecule has 3 heteroatoms. The van der Waals surface area contributed by atoms with Gasteiger partial charge in [-0.05, 0) is 18.6 Å². The summed E-state index contributed by atoms with van der Waals surface area (Å²) in [5.41, 5.74) is 1.10. The third-order valence-electron chi connectivity index (χ3n) is 1.72. The third-order valence-corrected chi connectivity index (χ3v) is 2.04. The molecule has 0 atom stereocenters. The maximum absolute atomic E-state index is 5.54. The van der Waals surface area contributed by atoms with Gasteiger partial charge in [-0.2, -0.15) is 0 Å². The predicted octanol–water partition coefficient (Wildman–Crippen LogP) is 2.78. The molecule has 0 aliphatic rings. The van der Waals surface area contributed by atoms with Crippen LogP contribution in [-0.4, -0.2) is 19.0 Å². The second kappa shape index (κ2) is 5.12. The van der Waals surface area contributed by atoms with Gasteiger partial charge in [0.1, 0.15) is 0 Å². The molecule has 0 aromatic heterocycles. The van der Waals surface area contributed by atoms with Gasteiger partial charge in [-0.25, -0.2) is 0 Å². The first-order chi connectivity index (χ1) is 6.29. The summed E-state index contributed by atoms with van der Waals surface area (Å²) in [4.78, 5) is 0. The maximum atomic E-state index is 5.54. The molecule has 0 N–H and O–H groups in total. The largest absolute Gasteiger partial charge is 0.493 e. The molecule has 0 unspecified atom stereocenters. The number of para-hydroxylation sites is 1. The monoisotopic (exact) mass is 244 g/mol. The second-order valence-corrected chi connectivity index (χ2v) is 3.44. The van der Waals surface area contributed by atoms with Gasteiger partial charge in [-0.15, -0.1) is 0 Å². The Bertz CT molecular complexity index is 274. The first-order valence-corrected chi connectivity index (χ1v) is 5.24. The normalized spacial score (nSPS) is 9.77. The maximum Gasteiger partial charge on any atom is 0.164 e.